The summed E-state index contributed by atoms with van der Waals surface area (Å²) in [6, 6.07) is 17.8. The first-order chi connectivity index (χ1) is 19.3. The molecule has 39 heavy (non-hydrogen) atoms. The van der Waals surface area contributed by atoms with Gasteiger partial charge < -0.3 is 0 Å². The van der Waals surface area contributed by atoms with Crippen molar-refractivity contribution in [3.8, 4) is 11.1 Å². The van der Waals surface area contributed by atoms with Crippen LogP contribution in [0.3, 0.4) is 0 Å². The van der Waals surface area contributed by atoms with Crippen LogP contribution in [0.15, 0.2) is 36.4 Å². The maximum absolute atomic E-state index is 3.65. The molecular formula is C39H63. The molecule has 0 N–H and O–H groups in total. The van der Waals surface area contributed by atoms with Crippen LogP contribution in [0.5, 0.6) is 0 Å². The van der Waals surface area contributed by atoms with E-state index in [2.05, 4.69) is 63.2 Å². The molecule has 0 heteroatoms. The molecular weight excluding hydrogens is 468 g/mol. The molecule has 2 rings (SSSR count). The number of hydrogen-bond donors (Lipinski definition) is 0. The third kappa shape index (κ3) is 15.1. The number of benzene rings is 2. The van der Waals surface area contributed by atoms with E-state index in [1.807, 2.05) is 0 Å². The highest BCUT2D eigenvalue weighted by Gasteiger charge is 2.11. The van der Waals surface area contributed by atoms with Crippen LogP contribution in [0, 0.1) is 6.07 Å². The number of rotatable bonds is 25. The van der Waals surface area contributed by atoms with Gasteiger partial charge in [0, 0.05) is 0 Å². The summed E-state index contributed by atoms with van der Waals surface area (Å²) in [6.45, 7) is 6.92. The first-order valence-corrected chi connectivity index (χ1v) is 17.4. The second-order valence-electron chi connectivity index (χ2n) is 12.2. The highest BCUT2D eigenvalue weighted by molar-refractivity contribution is 5.71. The molecule has 0 aliphatic carbocycles. The lowest BCUT2D eigenvalue weighted by Crippen LogP contribution is -1.98. The Labute approximate surface area is 244 Å². The van der Waals surface area contributed by atoms with E-state index in [9.17, 15) is 0 Å². The fraction of sp³-hybridized carbons (Fsp3) is 0.692. The predicted molar refractivity (Wildman–Crippen MR) is 176 cm³/mol. The van der Waals surface area contributed by atoms with E-state index in [-0.39, 0.29) is 0 Å². The molecule has 0 nitrogen and oxygen atoms in total. The molecule has 0 spiro atoms. The summed E-state index contributed by atoms with van der Waals surface area (Å²) >= 11 is 0. The van der Waals surface area contributed by atoms with Gasteiger partial charge in [-0.25, -0.2) is 0 Å². The van der Waals surface area contributed by atoms with Gasteiger partial charge in [0.25, 0.3) is 0 Å². The van der Waals surface area contributed by atoms with Crippen molar-refractivity contribution in [2.45, 2.75) is 175 Å². The van der Waals surface area contributed by atoms with E-state index in [1.54, 1.807) is 11.1 Å². The Morgan fingerprint density at radius 2 is 0.949 bits per heavy atom. The normalized spacial score (nSPS) is 11.4. The zero-order chi connectivity index (χ0) is 27.8. The first-order valence-electron chi connectivity index (χ1n) is 17.4. The van der Waals surface area contributed by atoms with Gasteiger partial charge in [-0.15, -0.1) is 0 Å². The molecule has 0 saturated heterocycles. The average Bonchev–Trinajstić information content (AvgIpc) is 2.96. The minimum absolute atomic E-state index is 1.17. The van der Waals surface area contributed by atoms with E-state index in [0.717, 1.165) is 0 Å². The van der Waals surface area contributed by atoms with Gasteiger partial charge in [-0.3, -0.25) is 0 Å². The Hall–Kier alpha value is -1.56. The topological polar surface area (TPSA) is 0 Å². The van der Waals surface area contributed by atoms with Crippen LogP contribution in [-0.2, 0) is 19.3 Å². The second-order valence-corrected chi connectivity index (χ2v) is 12.2. The van der Waals surface area contributed by atoms with Crippen molar-refractivity contribution in [3.63, 3.8) is 0 Å². The van der Waals surface area contributed by atoms with Gasteiger partial charge in [0.15, 0.2) is 0 Å². The monoisotopic (exact) mass is 531 g/mol. The maximum atomic E-state index is 3.65. The molecule has 0 amide bonds. The van der Waals surface area contributed by atoms with Gasteiger partial charge in [-0.05, 0) is 72.4 Å². The van der Waals surface area contributed by atoms with Gasteiger partial charge in [0.2, 0.25) is 0 Å². The summed E-state index contributed by atoms with van der Waals surface area (Å²) in [4.78, 5) is 0. The SMILES string of the molecule is CCCCCCCCCc1ccc(-c2ccc[c]c2CCCCCCCCC)c(CCCCCCCCC)c1. The molecule has 0 bridgehead atoms. The van der Waals surface area contributed by atoms with E-state index in [4.69, 9.17) is 0 Å². The van der Waals surface area contributed by atoms with Crippen LogP contribution in [-0.4, -0.2) is 0 Å². The maximum Gasteiger partial charge on any atom is -0.0143 e. The summed E-state index contributed by atoms with van der Waals surface area (Å²) in [7, 11) is 0. The third-order valence-corrected chi connectivity index (χ3v) is 8.55. The molecule has 2 aromatic rings. The van der Waals surface area contributed by atoms with Gasteiger partial charge in [-0.1, -0.05) is 173 Å². The minimum atomic E-state index is 1.17. The van der Waals surface area contributed by atoms with Crippen molar-refractivity contribution in [1.29, 1.82) is 0 Å². The largest absolute Gasteiger partial charge is 0.0654 e. The van der Waals surface area contributed by atoms with E-state index in [0.29, 0.717) is 0 Å². The lowest BCUT2D eigenvalue weighted by atomic mass is 9.89. The lowest BCUT2D eigenvalue weighted by Gasteiger charge is -2.16. The quantitative estimate of drug-likeness (QED) is 0.112. The average molecular weight is 532 g/mol. The van der Waals surface area contributed by atoms with Crippen molar-refractivity contribution in [2.24, 2.45) is 0 Å². The van der Waals surface area contributed by atoms with Crippen LogP contribution in [0.2, 0.25) is 0 Å². The Morgan fingerprint density at radius 3 is 1.51 bits per heavy atom. The van der Waals surface area contributed by atoms with Gasteiger partial charge >= 0.3 is 0 Å². The smallest absolute Gasteiger partial charge is 0.0143 e. The number of hydrogen-bond acceptors (Lipinski definition) is 0. The molecule has 0 heterocycles. The van der Waals surface area contributed by atoms with Crippen LogP contribution >= 0.6 is 0 Å². The Balaban J connectivity index is 2.01. The molecule has 0 aliphatic heterocycles. The van der Waals surface area contributed by atoms with Gasteiger partial charge in [0.1, 0.15) is 0 Å². The van der Waals surface area contributed by atoms with Crippen molar-refractivity contribution in [3.05, 3.63) is 59.2 Å². The summed E-state index contributed by atoms with van der Waals surface area (Å²) in [5.41, 5.74) is 7.51. The first kappa shape index (κ1) is 33.6. The predicted octanol–water partition coefficient (Wildman–Crippen LogP) is 13.0. The Morgan fingerprint density at radius 1 is 0.462 bits per heavy atom. The van der Waals surface area contributed by atoms with Gasteiger partial charge in [-0.2, -0.15) is 0 Å². The second kappa shape index (κ2) is 23.2. The van der Waals surface area contributed by atoms with E-state index >= 15 is 0 Å². The summed E-state index contributed by atoms with van der Waals surface area (Å²) < 4.78 is 0. The van der Waals surface area contributed by atoms with E-state index < -0.39 is 0 Å². The summed E-state index contributed by atoms with van der Waals surface area (Å²) in [5.74, 6) is 0. The standard InChI is InChI=1S/C39H63/c1-4-7-10-13-16-19-22-27-35-32-33-39(37(34-35)30-24-21-18-15-12-9-6-3)38-31-26-25-29-36(38)28-23-20-17-14-11-8-5-2/h25-26,31-34H,4-24,27-28,30H2,1-3H3. The van der Waals surface area contributed by atoms with Crippen molar-refractivity contribution in [1.82, 2.24) is 0 Å². The molecule has 0 aliphatic rings. The highest BCUT2D eigenvalue weighted by Crippen LogP contribution is 2.31. The summed E-state index contributed by atoms with van der Waals surface area (Å²) in [5, 5.41) is 0. The third-order valence-electron chi connectivity index (χ3n) is 8.55. The fourth-order valence-electron chi connectivity index (χ4n) is 6.02. The molecule has 0 unspecified atom stereocenters. The molecule has 2 aromatic carbocycles. The highest BCUT2D eigenvalue weighted by atomic mass is 14.2. The lowest BCUT2D eigenvalue weighted by molar-refractivity contribution is 0.587. The van der Waals surface area contributed by atoms with Gasteiger partial charge in [0.05, 0.1) is 0 Å². The molecule has 0 saturated carbocycles. The zero-order valence-electron chi connectivity index (χ0n) is 26.4. The van der Waals surface area contributed by atoms with E-state index in [1.165, 1.54) is 171 Å². The van der Waals surface area contributed by atoms with Crippen molar-refractivity contribution < 1.29 is 0 Å². The number of aryl methyl sites for hydroxylation is 3. The zero-order valence-corrected chi connectivity index (χ0v) is 26.4. The Kier molecular flexibility index (Phi) is 20.0. The molecule has 0 fully saturated rings. The van der Waals surface area contributed by atoms with Crippen LogP contribution in [0.25, 0.3) is 11.1 Å². The molecule has 0 atom stereocenters. The summed E-state index contributed by atoms with van der Waals surface area (Å²) in [6.07, 6.45) is 32.6. The van der Waals surface area contributed by atoms with Crippen LogP contribution < -0.4 is 0 Å². The van der Waals surface area contributed by atoms with Crippen LogP contribution in [0.4, 0.5) is 0 Å². The fourth-order valence-corrected chi connectivity index (χ4v) is 6.02. The van der Waals surface area contributed by atoms with Crippen molar-refractivity contribution in [2.75, 3.05) is 0 Å². The molecule has 1 radical (unpaired) electrons. The molecule has 219 valence electrons. The molecule has 0 aromatic heterocycles. The Bertz CT molecular complexity index is 832. The minimum Gasteiger partial charge on any atom is -0.0654 e. The van der Waals surface area contributed by atoms with Crippen molar-refractivity contribution >= 4 is 0 Å². The van der Waals surface area contributed by atoms with Crippen LogP contribution in [0.1, 0.15) is 172 Å². The number of unbranched alkanes of at least 4 members (excludes halogenated alkanes) is 18.